The van der Waals surface area contributed by atoms with Gasteiger partial charge in [0.15, 0.2) is 0 Å². The molecule has 17 heavy (non-hydrogen) atoms. The van der Waals surface area contributed by atoms with Crippen LogP contribution in [-0.2, 0) is 11.8 Å². The van der Waals surface area contributed by atoms with E-state index in [0.717, 1.165) is 6.07 Å². The fourth-order valence-electron chi connectivity index (χ4n) is 1.90. The molecule has 0 aliphatic rings. The number of hydrogen-bond donors (Lipinski definition) is 2. The van der Waals surface area contributed by atoms with Crippen LogP contribution >= 0.6 is 0 Å². The number of fused-ring (bicyclic) bond motifs is 1. The fourth-order valence-corrected chi connectivity index (χ4v) is 1.90. The third kappa shape index (κ3) is 2.02. The van der Waals surface area contributed by atoms with E-state index < -0.39 is 17.3 Å². The number of H-pyrrole nitrogens is 1. The van der Waals surface area contributed by atoms with Gasteiger partial charge in [-0.25, -0.2) is 0 Å². The number of aliphatic hydroxyl groups is 1. The molecule has 0 fully saturated rings. The molecule has 0 spiro atoms. The number of rotatable bonds is 1. The molecular formula is C12H12F3NO. The van der Waals surface area contributed by atoms with Gasteiger partial charge in [-0.1, -0.05) is 6.07 Å². The maximum absolute atomic E-state index is 12.9. The van der Waals surface area contributed by atoms with Gasteiger partial charge in [0.2, 0.25) is 0 Å². The van der Waals surface area contributed by atoms with Crippen molar-refractivity contribution in [2.45, 2.75) is 25.6 Å². The van der Waals surface area contributed by atoms with E-state index in [4.69, 9.17) is 0 Å². The van der Waals surface area contributed by atoms with Gasteiger partial charge in [0, 0.05) is 22.7 Å². The van der Waals surface area contributed by atoms with E-state index in [1.807, 2.05) is 0 Å². The van der Waals surface area contributed by atoms with E-state index in [1.165, 1.54) is 26.1 Å². The van der Waals surface area contributed by atoms with Crippen molar-refractivity contribution < 1.29 is 18.3 Å². The highest BCUT2D eigenvalue weighted by molar-refractivity contribution is 5.87. The Hall–Kier alpha value is -1.49. The highest BCUT2D eigenvalue weighted by atomic mass is 19.4. The van der Waals surface area contributed by atoms with E-state index in [-0.39, 0.29) is 10.9 Å². The predicted molar refractivity (Wildman–Crippen MR) is 58.5 cm³/mol. The van der Waals surface area contributed by atoms with Crippen LogP contribution in [0.4, 0.5) is 13.2 Å². The lowest BCUT2D eigenvalue weighted by molar-refractivity contribution is -0.136. The van der Waals surface area contributed by atoms with Crippen molar-refractivity contribution in [3.63, 3.8) is 0 Å². The topological polar surface area (TPSA) is 36.0 Å². The van der Waals surface area contributed by atoms with Gasteiger partial charge in [-0.3, -0.25) is 0 Å². The zero-order valence-electron chi connectivity index (χ0n) is 9.39. The molecule has 2 N–H and O–H groups in total. The minimum Gasteiger partial charge on any atom is -0.386 e. The van der Waals surface area contributed by atoms with Crippen LogP contribution in [-0.4, -0.2) is 10.1 Å². The molecule has 1 heterocycles. The predicted octanol–water partition coefficient (Wildman–Crippen LogP) is 3.41. The van der Waals surface area contributed by atoms with Gasteiger partial charge >= 0.3 is 6.18 Å². The van der Waals surface area contributed by atoms with Crippen LogP contribution in [0.15, 0.2) is 24.4 Å². The van der Waals surface area contributed by atoms with Crippen LogP contribution in [0.25, 0.3) is 10.9 Å². The highest BCUT2D eigenvalue weighted by Gasteiger charge is 2.35. The molecule has 5 heteroatoms. The van der Waals surface area contributed by atoms with Crippen molar-refractivity contribution in [1.29, 1.82) is 0 Å². The number of aromatic amines is 1. The number of aromatic nitrogens is 1. The lowest BCUT2D eigenvalue weighted by atomic mass is 9.95. The minimum atomic E-state index is -4.43. The summed E-state index contributed by atoms with van der Waals surface area (Å²) in [6.07, 6.45) is -3.01. The van der Waals surface area contributed by atoms with Crippen molar-refractivity contribution in [3.05, 3.63) is 35.5 Å². The summed E-state index contributed by atoms with van der Waals surface area (Å²) < 4.78 is 38.6. The highest BCUT2D eigenvalue weighted by Crippen LogP contribution is 2.38. The Labute approximate surface area is 96.1 Å². The Balaban J connectivity index is 2.82. The zero-order chi connectivity index (χ0) is 12.8. The molecule has 0 radical (unpaired) electrons. The normalized spacial score (nSPS) is 13.3. The zero-order valence-corrected chi connectivity index (χ0v) is 9.39. The summed E-state index contributed by atoms with van der Waals surface area (Å²) in [5, 5.41) is 9.91. The van der Waals surface area contributed by atoms with E-state index >= 15 is 0 Å². The van der Waals surface area contributed by atoms with E-state index in [9.17, 15) is 18.3 Å². The molecule has 92 valence electrons. The van der Waals surface area contributed by atoms with Crippen LogP contribution in [0.3, 0.4) is 0 Å². The average Bonchev–Trinajstić information content (AvgIpc) is 2.57. The molecule has 0 aliphatic carbocycles. The van der Waals surface area contributed by atoms with E-state index in [0.29, 0.717) is 5.52 Å². The number of alkyl halides is 3. The summed E-state index contributed by atoms with van der Waals surface area (Å²) in [5.74, 6) is 0. The van der Waals surface area contributed by atoms with Gasteiger partial charge in [-0.2, -0.15) is 13.2 Å². The van der Waals surface area contributed by atoms with E-state index in [1.54, 1.807) is 6.07 Å². The Morgan fingerprint density at radius 2 is 1.76 bits per heavy atom. The van der Waals surface area contributed by atoms with E-state index in [2.05, 4.69) is 4.98 Å². The first-order chi connectivity index (χ1) is 7.71. The molecular weight excluding hydrogens is 231 g/mol. The second-order valence-electron chi connectivity index (χ2n) is 4.49. The van der Waals surface area contributed by atoms with Crippen molar-refractivity contribution in [2.24, 2.45) is 0 Å². The van der Waals surface area contributed by atoms with Crippen LogP contribution < -0.4 is 0 Å². The molecule has 2 nitrogen and oxygen atoms in total. The number of benzene rings is 1. The van der Waals surface area contributed by atoms with Crippen molar-refractivity contribution in [3.8, 4) is 0 Å². The maximum Gasteiger partial charge on any atom is 0.417 e. The Bertz CT molecular complexity index is 549. The molecule has 0 bridgehead atoms. The second kappa shape index (κ2) is 3.50. The Morgan fingerprint density at radius 3 is 2.29 bits per heavy atom. The lowest BCUT2D eigenvalue weighted by Crippen LogP contribution is -2.16. The van der Waals surface area contributed by atoms with Gasteiger partial charge in [-0.05, 0) is 26.0 Å². The first-order valence-corrected chi connectivity index (χ1v) is 5.11. The minimum absolute atomic E-state index is 0.0347. The van der Waals surface area contributed by atoms with Crippen molar-refractivity contribution in [2.75, 3.05) is 0 Å². The largest absolute Gasteiger partial charge is 0.417 e. The first kappa shape index (κ1) is 12.0. The molecule has 0 amide bonds. The van der Waals surface area contributed by atoms with Crippen LogP contribution in [0.1, 0.15) is 25.0 Å². The van der Waals surface area contributed by atoms with Gasteiger partial charge < -0.3 is 10.1 Å². The quantitative estimate of drug-likeness (QED) is 0.791. The number of halogens is 3. The molecule has 0 unspecified atom stereocenters. The fraction of sp³-hybridized carbons (Fsp3) is 0.333. The molecule has 1 aromatic carbocycles. The summed E-state index contributed by atoms with van der Waals surface area (Å²) in [6, 6.07) is 3.92. The molecule has 2 rings (SSSR count). The molecule has 0 aliphatic heterocycles. The average molecular weight is 243 g/mol. The monoisotopic (exact) mass is 243 g/mol. The second-order valence-corrected chi connectivity index (χ2v) is 4.49. The number of hydrogen-bond acceptors (Lipinski definition) is 1. The summed E-state index contributed by atoms with van der Waals surface area (Å²) >= 11 is 0. The molecule has 2 aromatic rings. The Morgan fingerprint density at radius 1 is 1.12 bits per heavy atom. The third-order valence-electron chi connectivity index (χ3n) is 2.67. The van der Waals surface area contributed by atoms with Gasteiger partial charge in [-0.15, -0.1) is 0 Å². The molecule has 0 atom stereocenters. The van der Waals surface area contributed by atoms with Crippen LogP contribution in [0, 0.1) is 0 Å². The Kier molecular flexibility index (Phi) is 2.47. The third-order valence-corrected chi connectivity index (χ3v) is 2.67. The van der Waals surface area contributed by atoms with Gasteiger partial charge in [0.05, 0.1) is 11.2 Å². The van der Waals surface area contributed by atoms with Gasteiger partial charge in [0.1, 0.15) is 0 Å². The SMILES string of the molecule is CC(C)(O)c1c[nH]c2cccc(C(F)(F)F)c12. The molecule has 0 saturated heterocycles. The van der Waals surface area contributed by atoms with Crippen molar-refractivity contribution in [1.82, 2.24) is 4.98 Å². The lowest BCUT2D eigenvalue weighted by Gasteiger charge is -2.18. The smallest absolute Gasteiger partial charge is 0.386 e. The van der Waals surface area contributed by atoms with Crippen LogP contribution in [0.5, 0.6) is 0 Å². The molecule has 1 aromatic heterocycles. The maximum atomic E-state index is 12.9. The van der Waals surface area contributed by atoms with Gasteiger partial charge in [0.25, 0.3) is 0 Å². The molecule has 0 saturated carbocycles. The van der Waals surface area contributed by atoms with Crippen LogP contribution in [0.2, 0.25) is 0 Å². The number of nitrogens with one attached hydrogen (secondary N) is 1. The first-order valence-electron chi connectivity index (χ1n) is 5.11. The summed E-state index contributed by atoms with van der Waals surface area (Å²) in [5.41, 5.74) is -1.43. The standard InChI is InChI=1S/C12H12F3NO/c1-11(2,17)8-6-16-9-5-3-4-7(10(8)9)12(13,14)15/h3-6,16-17H,1-2H3. The van der Waals surface area contributed by atoms with Crippen molar-refractivity contribution >= 4 is 10.9 Å². The summed E-state index contributed by atoms with van der Waals surface area (Å²) in [6.45, 7) is 2.92. The summed E-state index contributed by atoms with van der Waals surface area (Å²) in [7, 11) is 0. The summed E-state index contributed by atoms with van der Waals surface area (Å²) in [4.78, 5) is 2.75.